The predicted octanol–water partition coefficient (Wildman–Crippen LogP) is 3.83. The molecule has 6 atom stereocenters. The molecule has 42 heavy (non-hydrogen) atoms. The molecule has 8 nitrogen and oxygen atoms in total. The molecule has 0 aliphatic carbocycles. The van der Waals surface area contributed by atoms with Crippen molar-refractivity contribution in [1.29, 1.82) is 0 Å². The van der Waals surface area contributed by atoms with E-state index in [0.717, 1.165) is 5.56 Å². The van der Waals surface area contributed by atoms with Gasteiger partial charge in [-0.1, -0.05) is 92.2 Å². The summed E-state index contributed by atoms with van der Waals surface area (Å²) in [6, 6.07) is 15.1. The SMILES string of the molecule is CC(C)C[C@H](CO)N1C(=O)[C@@H]2[C@H]3C(=O)N(Cc4ccccc4)CC=C[C@H]3O[C@@]23C=CCN(c2ccccc2Cl)C(=O)C13. The highest BCUT2D eigenvalue weighted by Crippen LogP contribution is 2.54. The van der Waals surface area contributed by atoms with E-state index in [9.17, 15) is 19.5 Å². The fraction of sp³-hybridized carbons (Fsp3) is 0.424. The summed E-state index contributed by atoms with van der Waals surface area (Å²) >= 11 is 6.54. The minimum Gasteiger partial charge on any atom is -0.394 e. The Morgan fingerprint density at radius 1 is 0.976 bits per heavy atom. The molecular weight excluding hydrogens is 554 g/mol. The van der Waals surface area contributed by atoms with Gasteiger partial charge in [0.1, 0.15) is 11.6 Å². The minimum atomic E-state index is -1.38. The third-order valence-electron chi connectivity index (χ3n) is 8.89. The Morgan fingerprint density at radius 3 is 2.43 bits per heavy atom. The van der Waals surface area contributed by atoms with E-state index in [-0.39, 0.29) is 36.8 Å². The summed E-state index contributed by atoms with van der Waals surface area (Å²) in [4.78, 5) is 48.3. The molecule has 4 heterocycles. The van der Waals surface area contributed by atoms with Crippen molar-refractivity contribution in [3.05, 3.63) is 89.5 Å². The maximum absolute atomic E-state index is 14.6. The second-order valence-corrected chi connectivity index (χ2v) is 12.4. The number of likely N-dealkylation sites (tertiary alicyclic amines) is 1. The fourth-order valence-electron chi connectivity index (χ4n) is 7.17. The van der Waals surface area contributed by atoms with Crippen LogP contribution in [0.25, 0.3) is 0 Å². The Morgan fingerprint density at radius 2 is 1.71 bits per heavy atom. The van der Waals surface area contributed by atoms with Crippen LogP contribution in [0.15, 0.2) is 78.9 Å². The van der Waals surface area contributed by atoms with Crippen LogP contribution in [0, 0.1) is 17.8 Å². The van der Waals surface area contributed by atoms with E-state index in [0.29, 0.717) is 30.2 Å². The third-order valence-corrected chi connectivity index (χ3v) is 9.21. The average Bonchev–Trinajstić information content (AvgIpc) is 3.30. The molecule has 4 aliphatic rings. The molecule has 1 spiro atoms. The molecule has 2 saturated heterocycles. The van der Waals surface area contributed by atoms with Crippen LogP contribution in [0.1, 0.15) is 25.8 Å². The highest BCUT2D eigenvalue weighted by atomic mass is 35.5. The van der Waals surface area contributed by atoms with Gasteiger partial charge in [-0.25, -0.2) is 0 Å². The van der Waals surface area contributed by atoms with E-state index < -0.39 is 35.6 Å². The maximum atomic E-state index is 14.6. The summed E-state index contributed by atoms with van der Waals surface area (Å²) in [5.41, 5.74) is 0.142. The monoisotopic (exact) mass is 589 g/mol. The van der Waals surface area contributed by atoms with Crippen LogP contribution >= 0.6 is 11.6 Å². The first-order valence-corrected chi connectivity index (χ1v) is 15.0. The number of aliphatic hydroxyl groups excluding tert-OH is 1. The van der Waals surface area contributed by atoms with Gasteiger partial charge in [0.15, 0.2) is 0 Å². The van der Waals surface area contributed by atoms with Gasteiger partial charge in [0.2, 0.25) is 11.8 Å². The molecule has 0 bridgehead atoms. The molecule has 220 valence electrons. The van der Waals surface area contributed by atoms with Crippen molar-refractivity contribution >= 4 is 35.0 Å². The number of anilines is 1. The molecule has 2 aromatic carbocycles. The standard InChI is InChI=1S/C33H36ClN3O5/c1-21(2)18-23(20-38)37-29-32(41)36(25-13-7-6-12-24(25)34)17-9-15-33(29)28(31(37)40)27-26(42-33)14-8-16-35(30(27)39)19-22-10-4-3-5-11-22/h3-15,21,23,26-29,38H,16-20H2,1-2H3/t23-,26-,27+,28+,29?,33+/m1/s1. The molecular formula is C33H36ClN3O5. The van der Waals surface area contributed by atoms with E-state index in [1.807, 2.05) is 74.5 Å². The molecule has 1 unspecified atom stereocenters. The van der Waals surface area contributed by atoms with Gasteiger partial charge in [0, 0.05) is 19.6 Å². The zero-order valence-corrected chi connectivity index (χ0v) is 24.6. The summed E-state index contributed by atoms with van der Waals surface area (Å²) in [6.07, 6.45) is 7.25. The number of rotatable bonds is 7. The first-order valence-electron chi connectivity index (χ1n) is 14.6. The molecule has 0 aromatic heterocycles. The summed E-state index contributed by atoms with van der Waals surface area (Å²) < 4.78 is 6.75. The number of amides is 3. The number of nitrogens with zero attached hydrogens (tertiary/aromatic N) is 3. The second kappa shape index (κ2) is 11.3. The molecule has 6 rings (SSSR count). The molecule has 3 amide bonds. The van der Waals surface area contributed by atoms with E-state index >= 15 is 0 Å². The lowest BCUT2D eigenvalue weighted by molar-refractivity contribution is -0.147. The quantitative estimate of drug-likeness (QED) is 0.496. The number of hydrogen-bond acceptors (Lipinski definition) is 5. The first-order chi connectivity index (χ1) is 20.3. The van der Waals surface area contributed by atoms with Crippen molar-refractivity contribution in [3.63, 3.8) is 0 Å². The zero-order valence-electron chi connectivity index (χ0n) is 23.8. The summed E-state index contributed by atoms with van der Waals surface area (Å²) in [7, 11) is 0. The number of benzene rings is 2. The number of ether oxygens (including phenoxy) is 1. The Balaban J connectivity index is 1.44. The van der Waals surface area contributed by atoms with E-state index in [4.69, 9.17) is 16.3 Å². The van der Waals surface area contributed by atoms with Crippen LogP contribution in [0.5, 0.6) is 0 Å². The van der Waals surface area contributed by atoms with Crippen LogP contribution in [-0.2, 0) is 25.7 Å². The van der Waals surface area contributed by atoms with Crippen LogP contribution in [-0.4, -0.2) is 76.1 Å². The normalized spacial score (nSPS) is 29.5. The van der Waals surface area contributed by atoms with E-state index in [1.165, 1.54) is 4.90 Å². The lowest BCUT2D eigenvalue weighted by Crippen LogP contribution is -2.58. The zero-order chi connectivity index (χ0) is 29.6. The number of para-hydroxylation sites is 1. The third kappa shape index (κ3) is 4.66. The highest BCUT2D eigenvalue weighted by molar-refractivity contribution is 6.34. The molecule has 0 radical (unpaired) electrons. The van der Waals surface area contributed by atoms with Gasteiger partial charge < -0.3 is 24.5 Å². The fourth-order valence-corrected chi connectivity index (χ4v) is 7.41. The molecule has 2 aromatic rings. The van der Waals surface area contributed by atoms with Gasteiger partial charge in [-0.15, -0.1) is 0 Å². The minimum absolute atomic E-state index is 0.153. The van der Waals surface area contributed by atoms with Gasteiger partial charge in [0.05, 0.1) is 41.3 Å². The number of carbonyl (C=O) groups is 3. The summed E-state index contributed by atoms with van der Waals surface area (Å²) in [6.45, 7) is 4.74. The first kappa shape index (κ1) is 28.6. The highest BCUT2D eigenvalue weighted by Gasteiger charge is 2.72. The van der Waals surface area contributed by atoms with Crippen molar-refractivity contribution in [2.75, 3.05) is 24.6 Å². The van der Waals surface area contributed by atoms with Gasteiger partial charge in [-0.3, -0.25) is 14.4 Å². The average molecular weight is 590 g/mol. The van der Waals surface area contributed by atoms with Crippen LogP contribution < -0.4 is 4.90 Å². The van der Waals surface area contributed by atoms with E-state index in [1.54, 1.807) is 28.0 Å². The molecule has 1 N–H and O–H groups in total. The number of fused-ring (bicyclic) bond motifs is 2. The number of aliphatic hydroxyl groups is 1. The number of carbonyl (C=O) groups excluding carboxylic acids is 3. The smallest absolute Gasteiger partial charge is 0.253 e. The number of hydrogen-bond donors (Lipinski definition) is 1. The van der Waals surface area contributed by atoms with Crippen molar-refractivity contribution < 1.29 is 24.2 Å². The Bertz CT molecular complexity index is 1430. The van der Waals surface area contributed by atoms with Crippen LogP contribution in [0.3, 0.4) is 0 Å². The predicted molar refractivity (Wildman–Crippen MR) is 159 cm³/mol. The van der Waals surface area contributed by atoms with Crippen LogP contribution in [0.2, 0.25) is 5.02 Å². The summed E-state index contributed by atoms with van der Waals surface area (Å²) in [5.74, 6) is -2.44. The Kier molecular flexibility index (Phi) is 7.72. The number of halogens is 1. The second-order valence-electron chi connectivity index (χ2n) is 12.0. The maximum Gasteiger partial charge on any atom is 0.253 e. The van der Waals surface area contributed by atoms with Gasteiger partial charge in [0.25, 0.3) is 5.91 Å². The van der Waals surface area contributed by atoms with E-state index in [2.05, 4.69) is 0 Å². The molecule has 4 aliphatic heterocycles. The molecule has 2 fully saturated rings. The lowest BCUT2D eigenvalue weighted by atomic mass is 9.77. The summed E-state index contributed by atoms with van der Waals surface area (Å²) in [5, 5.41) is 11.0. The van der Waals surface area contributed by atoms with Gasteiger partial charge >= 0.3 is 0 Å². The van der Waals surface area contributed by atoms with Crippen molar-refractivity contribution in [2.45, 2.75) is 50.6 Å². The lowest BCUT2D eigenvalue weighted by Gasteiger charge is -2.39. The van der Waals surface area contributed by atoms with Crippen LogP contribution in [0.4, 0.5) is 5.69 Å². The Hall–Kier alpha value is -3.46. The largest absolute Gasteiger partial charge is 0.394 e. The van der Waals surface area contributed by atoms with Gasteiger partial charge in [-0.05, 0) is 30.0 Å². The molecule has 9 heteroatoms. The van der Waals surface area contributed by atoms with Crippen molar-refractivity contribution in [2.24, 2.45) is 17.8 Å². The van der Waals surface area contributed by atoms with Crippen molar-refractivity contribution in [1.82, 2.24) is 9.80 Å². The molecule has 0 saturated carbocycles. The van der Waals surface area contributed by atoms with Crippen molar-refractivity contribution in [3.8, 4) is 0 Å². The Labute approximate surface area is 251 Å². The topological polar surface area (TPSA) is 90.4 Å². The van der Waals surface area contributed by atoms with Gasteiger partial charge in [-0.2, -0.15) is 0 Å².